The summed E-state index contributed by atoms with van der Waals surface area (Å²) in [6.45, 7) is 4.37. The topological polar surface area (TPSA) is 23.5 Å². The van der Waals surface area contributed by atoms with E-state index < -0.39 is 0 Å². The van der Waals surface area contributed by atoms with Gasteiger partial charge in [0.2, 0.25) is 0 Å². The van der Waals surface area contributed by atoms with E-state index in [1.54, 1.807) is 0 Å². The van der Waals surface area contributed by atoms with Crippen molar-refractivity contribution in [3.8, 4) is 0 Å². The van der Waals surface area contributed by atoms with Crippen molar-refractivity contribution in [1.82, 2.24) is 0 Å². The van der Waals surface area contributed by atoms with Crippen LogP contribution < -0.4 is 4.90 Å². The van der Waals surface area contributed by atoms with Crippen LogP contribution in [0.5, 0.6) is 0 Å². The number of nitrogens with zero attached hydrogens (tertiary/aromatic N) is 1. The van der Waals surface area contributed by atoms with Gasteiger partial charge in [-0.15, -0.1) is 0 Å². The number of aliphatic hydroxyl groups is 1. The number of halogens is 1. The van der Waals surface area contributed by atoms with Crippen LogP contribution in [0.25, 0.3) is 0 Å². The van der Waals surface area contributed by atoms with Crippen LogP contribution in [-0.2, 0) is 6.61 Å². The van der Waals surface area contributed by atoms with Crippen molar-refractivity contribution in [2.75, 3.05) is 11.9 Å². The molecule has 2 nitrogen and oxygen atoms in total. The van der Waals surface area contributed by atoms with E-state index in [2.05, 4.69) is 25.8 Å². The zero-order valence-corrected chi connectivity index (χ0v) is 11.0. The van der Waals surface area contributed by atoms with Crippen LogP contribution >= 0.6 is 11.6 Å². The standard InChI is InChI=1S/C13H20ClNO/c1-4-11(5-2)15(3)12-7-6-10(9-16)13(14)8-12/h6-8,11,16H,4-5,9H2,1-3H3. The Hall–Kier alpha value is -0.730. The van der Waals surface area contributed by atoms with Gasteiger partial charge in [-0.05, 0) is 30.5 Å². The Kier molecular flexibility index (Phi) is 5.10. The van der Waals surface area contributed by atoms with Gasteiger partial charge in [0, 0.05) is 23.8 Å². The van der Waals surface area contributed by atoms with E-state index in [-0.39, 0.29) is 6.61 Å². The van der Waals surface area contributed by atoms with Crippen LogP contribution in [0.15, 0.2) is 18.2 Å². The SMILES string of the molecule is CCC(CC)N(C)c1ccc(CO)c(Cl)c1. The highest BCUT2D eigenvalue weighted by molar-refractivity contribution is 6.31. The second-order valence-corrected chi connectivity index (χ2v) is 4.42. The molecule has 0 aliphatic heterocycles. The van der Waals surface area contributed by atoms with Gasteiger partial charge in [-0.1, -0.05) is 31.5 Å². The predicted octanol–water partition coefficient (Wildman–Crippen LogP) is 3.46. The summed E-state index contributed by atoms with van der Waals surface area (Å²) in [6, 6.07) is 6.36. The van der Waals surface area contributed by atoms with Crippen LogP contribution in [0.2, 0.25) is 5.02 Å². The molecule has 0 radical (unpaired) electrons. The first-order valence-corrected chi connectivity index (χ1v) is 6.13. The van der Waals surface area contributed by atoms with Crippen molar-refractivity contribution in [2.24, 2.45) is 0 Å². The maximum atomic E-state index is 9.05. The Labute approximate surface area is 103 Å². The molecule has 0 aliphatic rings. The average Bonchev–Trinajstić information content (AvgIpc) is 2.30. The van der Waals surface area contributed by atoms with Crippen LogP contribution in [0, 0.1) is 0 Å². The molecule has 1 rings (SSSR count). The third-order valence-electron chi connectivity index (χ3n) is 3.10. The third-order valence-corrected chi connectivity index (χ3v) is 3.46. The zero-order chi connectivity index (χ0) is 12.1. The lowest BCUT2D eigenvalue weighted by Crippen LogP contribution is -2.30. The van der Waals surface area contributed by atoms with E-state index in [1.807, 2.05) is 18.2 Å². The van der Waals surface area contributed by atoms with E-state index in [1.165, 1.54) is 0 Å². The van der Waals surface area contributed by atoms with Gasteiger partial charge in [0.05, 0.1) is 6.61 Å². The van der Waals surface area contributed by atoms with E-state index >= 15 is 0 Å². The maximum Gasteiger partial charge on any atom is 0.0696 e. The van der Waals surface area contributed by atoms with Gasteiger partial charge in [-0.2, -0.15) is 0 Å². The lowest BCUT2D eigenvalue weighted by atomic mass is 10.1. The molecule has 0 aromatic heterocycles. The highest BCUT2D eigenvalue weighted by atomic mass is 35.5. The first-order valence-electron chi connectivity index (χ1n) is 5.76. The summed E-state index contributed by atoms with van der Waals surface area (Å²) in [5, 5.41) is 9.69. The highest BCUT2D eigenvalue weighted by Crippen LogP contribution is 2.25. The molecule has 1 N–H and O–H groups in total. The van der Waals surface area contributed by atoms with Gasteiger partial charge in [0.25, 0.3) is 0 Å². The second kappa shape index (κ2) is 6.12. The molecular weight excluding hydrogens is 222 g/mol. The lowest BCUT2D eigenvalue weighted by Gasteiger charge is -2.28. The minimum atomic E-state index is -0.00614. The third kappa shape index (κ3) is 2.89. The fraction of sp³-hybridized carbons (Fsp3) is 0.538. The Morgan fingerprint density at radius 2 is 1.94 bits per heavy atom. The highest BCUT2D eigenvalue weighted by Gasteiger charge is 2.12. The molecule has 0 bridgehead atoms. The molecule has 1 aromatic rings. The fourth-order valence-corrected chi connectivity index (χ4v) is 2.17. The number of benzene rings is 1. The van der Waals surface area contributed by atoms with Crippen LogP contribution in [0.1, 0.15) is 32.3 Å². The monoisotopic (exact) mass is 241 g/mol. The van der Waals surface area contributed by atoms with Crippen molar-refractivity contribution in [1.29, 1.82) is 0 Å². The Balaban J connectivity index is 2.91. The molecule has 0 amide bonds. The molecule has 16 heavy (non-hydrogen) atoms. The number of anilines is 1. The molecule has 0 fully saturated rings. The Bertz CT molecular complexity index is 337. The van der Waals surface area contributed by atoms with Gasteiger partial charge in [0.15, 0.2) is 0 Å². The zero-order valence-electron chi connectivity index (χ0n) is 10.2. The first-order chi connectivity index (χ1) is 7.63. The Morgan fingerprint density at radius 1 is 1.31 bits per heavy atom. The van der Waals surface area contributed by atoms with Crippen molar-refractivity contribution in [3.05, 3.63) is 28.8 Å². The second-order valence-electron chi connectivity index (χ2n) is 4.02. The summed E-state index contributed by atoms with van der Waals surface area (Å²) in [7, 11) is 2.09. The van der Waals surface area contributed by atoms with E-state index in [9.17, 15) is 0 Å². The van der Waals surface area contributed by atoms with Gasteiger partial charge < -0.3 is 10.0 Å². The fourth-order valence-electron chi connectivity index (χ4n) is 1.93. The summed E-state index contributed by atoms with van der Waals surface area (Å²) in [5.74, 6) is 0. The van der Waals surface area contributed by atoms with E-state index in [4.69, 9.17) is 16.7 Å². The summed E-state index contributed by atoms with van der Waals surface area (Å²) in [6.07, 6.45) is 2.23. The number of hydrogen-bond acceptors (Lipinski definition) is 2. The molecule has 3 heteroatoms. The molecule has 1 aromatic carbocycles. The molecule has 0 saturated carbocycles. The summed E-state index contributed by atoms with van der Waals surface area (Å²) in [4.78, 5) is 2.24. The van der Waals surface area contributed by atoms with Crippen LogP contribution in [0.4, 0.5) is 5.69 Å². The van der Waals surface area contributed by atoms with E-state index in [0.717, 1.165) is 24.1 Å². The average molecular weight is 242 g/mol. The normalized spacial score (nSPS) is 10.9. The number of rotatable bonds is 5. The Morgan fingerprint density at radius 3 is 2.38 bits per heavy atom. The minimum Gasteiger partial charge on any atom is -0.392 e. The number of hydrogen-bond donors (Lipinski definition) is 1. The van der Waals surface area contributed by atoms with Crippen molar-refractivity contribution in [2.45, 2.75) is 39.3 Å². The summed E-state index contributed by atoms with van der Waals surface area (Å²) >= 11 is 6.08. The summed E-state index contributed by atoms with van der Waals surface area (Å²) < 4.78 is 0. The molecule has 0 heterocycles. The molecule has 0 unspecified atom stereocenters. The summed E-state index contributed by atoms with van der Waals surface area (Å²) in [5.41, 5.74) is 1.89. The molecule has 0 saturated heterocycles. The first kappa shape index (κ1) is 13.3. The van der Waals surface area contributed by atoms with Gasteiger partial charge in [-0.3, -0.25) is 0 Å². The molecule has 0 spiro atoms. The molecule has 90 valence electrons. The number of aliphatic hydroxyl groups excluding tert-OH is 1. The van der Waals surface area contributed by atoms with Crippen molar-refractivity contribution in [3.63, 3.8) is 0 Å². The quantitative estimate of drug-likeness (QED) is 0.854. The lowest BCUT2D eigenvalue weighted by molar-refractivity contribution is 0.282. The van der Waals surface area contributed by atoms with E-state index in [0.29, 0.717) is 11.1 Å². The van der Waals surface area contributed by atoms with Crippen molar-refractivity contribution < 1.29 is 5.11 Å². The largest absolute Gasteiger partial charge is 0.392 e. The van der Waals surface area contributed by atoms with Gasteiger partial charge in [-0.25, -0.2) is 0 Å². The molecule has 0 atom stereocenters. The van der Waals surface area contributed by atoms with Crippen LogP contribution in [0.3, 0.4) is 0 Å². The maximum absolute atomic E-state index is 9.05. The predicted molar refractivity (Wildman–Crippen MR) is 70.1 cm³/mol. The minimum absolute atomic E-state index is 0.00614. The van der Waals surface area contributed by atoms with Gasteiger partial charge in [0.1, 0.15) is 0 Å². The molecule has 0 aliphatic carbocycles. The molecular formula is C13H20ClNO. The van der Waals surface area contributed by atoms with Crippen molar-refractivity contribution >= 4 is 17.3 Å². The van der Waals surface area contributed by atoms with Crippen LogP contribution in [-0.4, -0.2) is 18.2 Å². The van der Waals surface area contributed by atoms with Gasteiger partial charge >= 0.3 is 0 Å². The smallest absolute Gasteiger partial charge is 0.0696 e.